The van der Waals surface area contributed by atoms with E-state index >= 15 is 0 Å². The lowest BCUT2D eigenvalue weighted by molar-refractivity contribution is 0.133. The number of rotatable bonds is 7. The number of hydrogen-bond acceptors (Lipinski definition) is 3. The first-order chi connectivity index (χ1) is 9.12. The molecule has 0 radical (unpaired) electrons. The Balaban J connectivity index is 3.21. The van der Waals surface area contributed by atoms with Crippen molar-refractivity contribution in [3.8, 4) is 0 Å². The highest BCUT2D eigenvalue weighted by Crippen LogP contribution is 2.45. The Bertz CT molecular complexity index is 546. The molecule has 1 aromatic carbocycles. The molecule has 0 saturated carbocycles. The fraction of sp³-hybridized carbons (Fsp3) is 0.455. The molecule has 0 aliphatic carbocycles. The van der Waals surface area contributed by atoms with E-state index in [-0.39, 0.29) is 17.7 Å². The second-order valence-electron chi connectivity index (χ2n) is 4.34. The molecule has 0 aliphatic heterocycles. The van der Waals surface area contributed by atoms with E-state index in [1.165, 1.54) is 6.07 Å². The van der Waals surface area contributed by atoms with Crippen LogP contribution in [0.4, 0.5) is 0 Å². The molecule has 1 aromatic rings. The predicted octanol–water partition coefficient (Wildman–Crippen LogP) is 1.58. The maximum Gasteiger partial charge on any atom is 0.329 e. The molecule has 0 saturated heterocycles. The summed E-state index contributed by atoms with van der Waals surface area (Å²) in [5.41, 5.74) is 1.01. The van der Waals surface area contributed by atoms with Crippen LogP contribution in [0.3, 0.4) is 0 Å². The molecule has 4 N–H and O–H groups in total. The van der Waals surface area contributed by atoms with Crippen molar-refractivity contribution in [2.45, 2.75) is 25.9 Å². The van der Waals surface area contributed by atoms with Crippen molar-refractivity contribution in [1.82, 2.24) is 0 Å². The summed E-state index contributed by atoms with van der Waals surface area (Å²) in [4.78, 5) is 36.3. The SMILES string of the molecule is CCOCc1cccc(CP(=O)(O)O)c1CP(=O)(O)O. The molecular formula is C11H18O7P2. The highest BCUT2D eigenvalue weighted by molar-refractivity contribution is 7.51. The molecule has 1 rings (SSSR count). The van der Waals surface area contributed by atoms with Crippen LogP contribution in [0.2, 0.25) is 0 Å². The summed E-state index contributed by atoms with van der Waals surface area (Å²) < 4.78 is 27.5. The monoisotopic (exact) mass is 324 g/mol. The Labute approximate surface area is 116 Å². The number of ether oxygens (including phenoxy) is 1. The van der Waals surface area contributed by atoms with Gasteiger partial charge in [0.2, 0.25) is 0 Å². The molecule has 20 heavy (non-hydrogen) atoms. The highest BCUT2D eigenvalue weighted by atomic mass is 31.2. The van der Waals surface area contributed by atoms with Crippen molar-refractivity contribution in [2.24, 2.45) is 0 Å². The third-order valence-electron chi connectivity index (χ3n) is 2.57. The van der Waals surface area contributed by atoms with E-state index in [4.69, 9.17) is 24.3 Å². The van der Waals surface area contributed by atoms with E-state index in [9.17, 15) is 9.13 Å². The summed E-state index contributed by atoms with van der Waals surface area (Å²) in [6, 6.07) is 4.67. The second kappa shape index (κ2) is 6.96. The zero-order valence-corrected chi connectivity index (χ0v) is 12.8. The summed E-state index contributed by atoms with van der Waals surface area (Å²) in [7, 11) is -8.67. The summed E-state index contributed by atoms with van der Waals surface area (Å²) in [5.74, 6) is 0. The van der Waals surface area contributed by atoms with Gasteiger partial charge < -0.3 is 24.3 Å². The molecule has 0 atom stereocenters. The molecule has 114 valence electrons. The lowest BCUT2D eigenvalue weighted by Crippen LogP contribution is -2.03. The van der Waals surface area contributed by atoms with Gasteiger partial charge in [0.05, 0.1) is 18.9 Å². The third kappa shape index (κ3) is 6.29. The summed E-state index contributed by atoms with van der Waals surface area (Å²) >= 11 is 0. The van der Waals surface area contributed by atoms with Crippen LogP contribution in [0.1, 0.15) is 23.6 Å². The van der Waals surface area contributed by atoms with E-state index in [1.807, 2.05) is 0 Å². The first-order valence-corrected chi connectivity index (χ1v) is 9.48. The van der Waals surface area contributed by atoms with Crippen LogP contribution in [-0.4, -0.2) is 26.2 Å². The van der Waals surface area contributed by atoms with E-state index in [1.54, 1.807) is 19.1 Å². The fourth-order valence-corrected chi connectivity index (χ4v) is 3.37. The van der Waals surface area contributed by atoms with Gasteiger partial charge >= 0.3 is 15.2 Å². The van der Waals surface area contributed by atoms with Crippen LogP contribution in [0.25, 0.3) is 0 Å². The van der Waals surface area contributed by atoms with Crippen molar-refractivity contribution in [2.75, 3.05) is 6.61 Å². The highest BCUT2D eigenvalue weighted by Gasteiger charge is 2.23. The normalized spacial score (nSPS) is 12.7. The maximum absolute atomic E-state index is 11.2. The van der Waals surface area contributed by atoms with Gasteiger partial charge in [-0.05, 0) is 23.6 Å². The van der Waals surface area contributed by atoms with Crippen LogP contribution in [0.15, 0.2) is 18.2 Å². The number of benzene rings is 1. The Morgan fingerprint density at radius 2 is 1.55 bits per heavy atom. The van der Waals surface area contributed by atoms with Crippen LogP contribution in [0.5, 0.6) is 0 Å². The Morgan fingerprint density at radius 3 is 2.05 bits per heavy atom. The molecule has 9 heteroatoms. The van der Waals surface area contributed by atoms with Crippen LogP contribution >= 0.6 is 15.2 Å². The Morgan fingerprint density at radius 1 is 1.00 bits per heavy atom. The Hall–Kier alpha value is -0.520. The van der Waals surface area contributed by atoms with Crippen LogP contribution in [-0.2, 0) is 32.8 Å². The Kier molecular flexibility index (Phi) is 6.10. The topological polar surface area (TPSA) is 124 Å². The third-order valence-corrected chi connectivity index (χ3v) is 4.05. The molecule has 0 heterocycles. The molecule has 0 unspecified atom stereocenters. The molecular weight excluding hydrogens is 306 g/mol. The fourth-order valence-electron chi connectivity index (χ4n) is 1.81. The quantitative estimate of drug-likeness (QED) is 0.561. The van der Waals surface area contributed by atoms with Gasteiger partial charge in [0, 0.05) is 6.61 Å². The van der Waals surface area contributed by atoms with E-state index < -0.39 is 27.5 Å². The standard InChI is InChI=1S/C11H18O7P2/c1-2-18-6-9-4-3-5-10(7-19(12,13)14)11(9)8-20(15,16)17/h3-5H,2,6-8H2,1H3,(H2,12,13,14)(H2,15,16,17). The molecule has 0 aromatic heterocycles. The zero-order valence-electron chi connectivity index (χ0n) is 11.0. The van der Waals surface area contributed by atoms with Gasteiger partial charge in [0.1, 0.15) is 0 Å². The van der Waals surface area contributed by atoms with Gasteiger partial charge in [-0.1, -0.05) is 18.2 Å². The van der Waals surface area contributed by atoms with Crippen LogP contribution in [0, 0.1) is 0 Å². The number of hydrogen-bond donors (Lipinski definition) is 4. The minimum atomic E-state index is -4.35. The van der Waals surface area contributed by atoms with Crippen molar-refractivity contribution in [3.63, 3.8) is 0 Å². The molecule has 0 amide bonds. The summed E-state index contributed by atoms with van der Waals surface area (Å²) in [5, 5.41) is 0. The first kappa shape index (κ1) is 17.5. The van der Waals surface area contributed by atoms with Crippen molar-refractivity contribution < 1.29 is 33.4 Å². The lowest BCUT2D eigenvalue weighted by Gasteiger charge is -2.16. The minimum Gasteiger partial charge on any atom is -0.377 e. The van der Waals surface area contributed by atoms with Crippen molar-refractivity contribution >= 4 is 15.2 Å². The average Bonchev–Trinajstić information content (AvgIpc) is 2.26. The van der Waals surface area contributed by atoms with E-state index in [0.717, 1.165) is 0 Å². The van der Waals surface area contributed by atoms with E-state index in [2.05, 4.69) is 0 Å². The summed E-state index contributed by atoms with van der Waals surface area (Å²) in [6.07, 6.45) is -1.12. The van der Waals surface area contributed by atoms with E-state index in [0.29, 0.717) is 12.2 Å². The first-order valence-electron chi connectivity index (χ1n) is 5.89. The van der Waals surface area contributed by atoms with Crippen LogP contribution < -0.4 is 0 Å². The zero-order chi connectivity index (χ0) is 15.4. The minimum absolute atomic E-state index is 0.140. The van der Waals surface area contributed by atoms with Crippen molar-refractivity contribution in [1.29, 1.82) is 0 Å². The average molecular weight is 324 g/mol. The van der Waals surface area contributed by atoms with Gasteiger partial charge in [-0.15, -0.1) is 0 Å². The summed E-state index contributed by atoms with van der Waals surface area (Å²) in [6.45, 7) is 2.35. The predicted molar refractivity (Wildman–Crippen MR) is 73.3 cm³/mol. The molecule has 0 bridgehead atoms. The molecule has 0 aliphatic rings. The second-order valence-corrected chi connectivity index (χ2v) is 7.63. The van der Waals surface area contributed by atoms with Crippen molar-refractivity contribution in [3.05, 3.63) is 34.9 Å². The lowest BCUT2D eigenvalue weighted by atomic mass is 10.0. The van der Waals surface area contributed by atoms with Gasteiger partial charge in [-0.2, -0.15) is 0 Å². The van der Waals surface area contributed by atoms with Gasteiger partial charge in [0.25, 0.3) is 0 Å². The van der Waals surface area contributed by atoms with Gasteiger partial charge in [-0.25, -0.2) is 0 Å². The molecule has 7 nitrogen and oxygen atoms in total. The molecule has 0 fully saturated rings. The van der Waals surface area contributed by atoms with Gasteiger partial charge in [0.15, 0.2) is 0 Å². The largest absolute Gasteiger partial charge is 0.377 e. The van der Waals surface area contributed by atoms with Gasteiger partial charge in [-0.3, -0.25) is 9.13 Å². The molecule has 0 spiro atoms. The smallest absolute Gasteiger partial charge is 0.329 e. The maximum atomic E-state index is 11.2.